The van der Waals surface area contributed by atoms with Gasteiger partial charge in [-0.25, -0.2) is 9.97 Å². The smallest absolute Gasteiger partial charge is 0.207 e. The van der Waals surface area contributed by atoms with E-state index >= 15 is 0 Å². The standard InChI is InChI=1S/C18H17N7O/c1-2-4-14(5-3-1)26-11-10-20-16-15-17(22-12-21-16)25-18(24-15)23-13-6-8-19-9-7-13/h1-9,12H,10-11H2,(H3,19,20,21,22,23,24,25). The number of fused-ring (bicyclic) bond motifs is 1. The van der Waals surface area contributed by atoms with Gasteiger partial charge in [0.1, 0.15) is 24.2 Å². The van der Waals surface area contributed by atoms with E-state index in [1.807, 2.05) is 42.5 Å². The van der Waals surface area contributed by atoms with Gasteiger partial charge in [0.05, 0.1) is 6.54 Å². The van der Waals surface area contributed by atoms with E-state index in [1.54, 1.807) is 12.4 Å². The van der Waals surface area contributed by atoms with Crippen molar-refractivity contribution < 1.29 is 4.74 Å². The molecule has 0 atom stereocenters. The Bertz CT molecular complexity index is 973. The Morgan fingerprint density at radius 3 is 2.69 bits per heavy atom. The van der Waals surface area contributed by atoms with E-state index in [2.05, 4.69) is 35.6 Å². The number of aromatic nitrogens is 5. The summed E-state index contributed by atoms with van der Waals surface area (Å²) in [5.41, 5.74) is 2.21. The Balaban J connectivity index is 1.42. The molecule has 0 saturated heterocycles. The van der Waals surface area contributed by atoms with Crippen molar-refractivity contribution in [3.05, 3.63) is 61.2 Å². The highest BCUT2D eigenvalue weighted by molar-refractivity contribution is 5.84. The second kappa shape index (κ2) is 7.47. The highest BCUT2D eigenvalue weighted by atomic mass is 16.5. The highest BCUT2D eigenvalue weighted by Crippen LogP contribution is 2.20. The van der Waals surface area contributed by atoms with Crippen molar-refractivity contribution in [1.82, 2.24) is 24.9 Å². The summed E-state index contributed by atoms with van der Waals surface area (Å²) in [7, 11) is 0. The van der Waals surface area contributed by atoms with Gasteiger partial charge in [-0.15, -0.1) is 0 Å². The van der Waals surface area contributed by atoms with Gasteiger partial charge in [-0.05, 0) is 24.3 Å². The van der Waals surface area contributed by atoms with Crippen molar-refractivity contribution in [3.8, 4) is 5.75 Å². The molecule has 0 bridgehead atoms. The summed E-state index contributed by atoms with van der Waals surface area (Å²) in [5.74, 6) is 2.12. The van der Waals surface area contributed by atoms with Crippen molar-refractivity contribution in [1.29, 1.82) is 0 Å². The minimum Gasteiger partial charge on any atom is -0.492 e. The van der Waals surface area contributed by atoms with Crippen molar-refractivity contribution in [3.63, 3.8) is 0 Å². The molecule has 0 amide bonds. The van der Waals surface area contributed by atoms with Gasteiger partial charge in [0.25, 0.3) is 0 Å². The molecule has 26 heavy (non-hydrogen) atoms. The molecule has 0 radical (unpaired) electrons. The molecule has 8 nitrogen and oxygen atoms in total. The fraction of sp³-hybridized carbons (Fsp3) is 0.111. The summed E-state index contributed by atoms with van der Waals surface area (Å²) < 4.78 is 5.67. The minimum atomic E-state index is 0.520. The number of imidazole rings is 1. The summed E-state index contributed by atoms with van der Waals surface area (Å²) >= 11 is 0. The molecule has 0 fully saturated rings. The largest absolute Gasteiger partial charge is 0.492 e. The first-order valence-electron chi connectivity index (χ1n) is 8.18. The van der Waals surface area contributed by atoms with Gasteiger partial charge >= 0.3 is 0 Å². The number of anilines is 3. The molecule has 8 heteroatoms. The van der Waals surface area contributed by atoms with E-state index in [1.165, 1.54) is 6.33 Å². The monoisotopic (exact) mass is 347 g/mol. The Morgan fingerprint density at radius 1 is 1.00 bits per heavy atom. The van der Waals surface area contributed by atoms with Gasteiger partial charge in [0.15, 0.2) is 11.5 Å². The number of rotatable bonds is 7. The average Bonchev–Trinajstić information content (AvgIpc) is 3.10. The summed E-state index contributed by atoms with van der Waals surface area (Å²) in [5, 5.41) is 6.43. The zero-order valence-corrected chi connectivity index (χ0v) is 13.9. The fourth-order valence-corrected chi connectivity index (χ4v) is 2.45. The number of hydrogen-bond acceptors (Lipinski definition) is 7. The Morgan fingerprint density at radius 2 is 1.85 bits per heavy atom. The number of para-hydroxylation sites is 1. The minimum absolute atomic E-state index is 0.520. The van der Waals surface area contributed by atoms with Crippen LogP contribution in [0, 0.1) is 0 Å². The summed E-state index contributed by atoms with van der Waals surface area (Å²) in [6.45, 7) is 1.12. The maximum Gasteiger partial charge on any atom is 0.207 e. The molecule has 0 aliphatic heterocycles. The van der Waals surface area contributed by atoms with Gasteiger partial charge in [0, 0.05) is 18.1 Å². The number of H-pyrrole nitrogens is 1. The lowest BCUT2D eigenvalue weighted by molar-refractivity contribution is 0.333. The van der Waals surface area contributed by atoms with Crippen molar-refractivity contribution in [2.24, 2.45) is 0 Å². The zero-order chi connectivity index (χ0) is 17.6. The van der Waals surface area contributed by atoms with E-state index in [9.17, 15) is 0 Å². The van der Waals surface area contributed by atoms with Gasteiger partial charge in [0.2, 0.25) is 5.95 Å². The summed E-state index contributed by atoms with van der Waals surface area (Å²) in [6.07, 6.45) is 4.91. The second-order valence-electron chi connectivity index (χ2n) is 5.46. The van der Waals surface area contributed by atoms with Gasteiger partial charge in [-0.1, -0.05) is 18.2 Å². The third kappa shape index (κ3) is 3.69. The molecular formula is C18H17N7O. The molecular weight excluding hydrogens is 330 g/mol. The lowest BCUT2D eigenvalue weighted by atomic mass is 10.3. The third-order valence-corrected chi connectivity index (χ3v) is 3.64. The first-order valence-corrected chi connectivity index (χ1v) is 8.18. The Hall–Kier alpha value is -3.68. The molecule has 4 rings (SSSR count). The van der Waals surface area contributed by atoms with Crippen LogP contribution in [0.4, 0.5) is 17.5 Å². The molecule has 1 aromatic carbocycles. The number of aromatic amines is 1. The van der Waals surface area contributed by atoms with Crippen LogP contribution in [-0.4, -0.2) is 38.1 Å². The number of nitrogens with zero attached hydrogens (tertiary/aromatic N) is 4. The quantitative estimate of drug-likeness (QED) is 0.442. The normalized spacial score (nSPS) is 10.6. The average molecular weight is 347 g/mol. The van der Waals surface area contributed by atoms with Crippen LogP contribution in [-0.2, 0) is 0 Å². The molecule has 0 spiro atoms. The number of nitrogens with one attached hydrogen (secondary N) is 3. The van der Waals surface area contributed by atoms with Crippen LogP contribution in [0.3, 0.4) is 0 Å². The number of pyridine rings is 1. The van der Waals surface area contributed by atoms with Crippen LogP contribution in [0.1, 0.15) is 0 Å². The van der Waals surface area contributed by atoms with E-state index in [0.29, 0.717) is 30.6 Å². The lowest BCUT2D eigenvalue weighted by Crippen LogP contribution is -2.12. The highest BCUT2D eigenvalue weighted by Gasteiger charge is 2.09. The predicted molar refractivity (Wildman–Crippen MR) is 99.6 cm³/mol. The molecule has 4 aromatic rings. The molecule has 3 N–H and O–H groups in total. The molecule has 0 saturated carbocycles. The Labute approximate surface area is 149 Å². The van der Waals surface area contributed by atoms with Crippen molar-refractivity contribution in [2.75, 3.05) is 23.8 Å². The maximum absolute atomic E-state index is 5.67. The van der Waals surface area contributed by atoms with E-state index in [-0.39, 0.29) is 0 Å². The second-order valence-corrected chi connectivity index (χ2v) is 5.46. The Kier molecular flexibility index (Phi) is 4.55. The maximum atomic E-state index is 5.67. The molecule has 0 aliphatic rings. The van der Waals surface area contributed by atoms with Crippen LogP contribution in [0.25, 0.3) is 11.2 Å². The number of benzene rings is 1. The van der Waals surface area contributed by atoms with E-state index in [4.69, 9.17) is 4.74 Å². The first kappa shape index (κ1) is 15.8. The SMILES string of the molecule is c1ccc(OCCNc2ncnc3nc(Nc4ccncc4)[nH]c23)cc1. The fourth-order valence-electron chi connectivity index (χ4n) is 2.45. The third-order valence-electron chi connectivity index (χ3n) is 3.64. The van der Waals surface area contributed by atoms with Gasteiger partial charge in [-0.3, -0.25) is 4.98 Å². The topological polar surface area (TPSA) is 101 Å². The first-order chi connectivity index (χ1) is 12.9. The van der Waals surface area contributed by atoms with Crippen LogP contribution in [0.5, 0.6) is 5.75 Å². The molecule has 0 unspecified atom stereocenters. The molecule has 3 heterocycles. The molecule has 0 aliphatic carbocycles. The van der Waals surface area contributed by atoms with Crippen molar-refractivity contribution >= 4 is 28.6 Å². The van der Waals surface area contributed by atoms with Crippen LogP contribution in [0.15, 0.2) is 61.2 Å². The van der Waals surface area contributed by atoms with Gasteiger partial charge in [-0.2, -0.15) is 4.98 Å². The van der Waals surface area contributed by atoms with Crippen LogP contribution in [0.2, 0.25) is 0 Å². The van der Waals surface area contributed by atoms with E-state index < -0.39 is 0 Å². The molecule has 130 valence electrons. The van der Waals surface area contributed by atoms with Crippen molar-refractivity contribution in [2.45, 2.75) is 0 Å². The zero-order valence-electron chi connectivity index (χ0n) is 13.9. The van der Waals surface area contributed by atoms with Crippen LogP contribution >= 0.6 is 0 Å². The number of ether oxygens (including phenoxy) is 1. The van der Waals surface area contributed by atoms with Gasteiger partial charge < -0.3 is 20.4 Å². The van der Waals surface area contributed by atoms with Crippen LogP contribution < -0.4 is 15.4 Å². The summed E-state index contributed by atoms with van der Waals surface area (Å²) in [4.78, 5) is 20.1. The van der Waals surface area contributed by atoms with E-state index in [0.717, 1.165) is 17.0 Å². The predicted octanol–water partition coefficient (Wildman–Crippen LogP) is 2.98. The lowest BCUT2D eigenvalue weighted by Gasteiger charge is -2.08. The number of hydrogen-bond donors (Lipinski definition) is 3. The molecule has 3 aromatic heterocycles. The summed E-state index contributed by atoms with van der Waals surface area (Å²) in [6, 6.07) is 13.4.